The second-order valence-electron chi connectivity index (χ2n) is 8.73. The molecule has 1 fully saturated rings. The van der Waals surface area contributed by atoms with Gasteiger partial charge in [-0.25, -0.2) is 14.4 Å². The Morgan fingerprint density at radius 1 is 0.886 bits per heavy atom. The molecular weight excluding hydrogens is 461 g/mol. The van der Waals surface area contributed by atoms with Crippen LogP contribution < -0.4 is 15.5 Å². The van der Waals surface area contributed by atoms with Crippen molar-refractivity contribution < 1.29 is 4.39 Å². The molecule has 2 heterocycles. The summed E-state index contributed by atoms with van der Waals surface area (Å²) in [6.07, 6.45) is 0. The highest BCUT2D eigenvalue weighted by atomic mass is 32.1. The predicted molar refractivity (Wildman–Crippen MR) is 145 cm³/mol. The van der Waals surface area contributed by atoms with Gasteiger partial charge in [0.05, 0.1) is 0 Å². The van der Waals surface area contributed by atoms with Crippen molar-refractivity contribution in [3.05, 3.63) is 76.9 Å². The van der Waals surface area contributed by atoms with Gasteiger partial charge in [-0.1, -0.05) is 17.7 Å². The highest BCUT2D eigenvalue weighted by Gasteiger charge is 2.22. The number of thiocarbonyl (C=S) groups is 1. The van der Waals surface area contributed by atoms with Crippen LogP contribution in [0.1, 0.15) is 22.5 Å². The molecule has 0 saturated carbocycles. The molecule has 7 nitrogen and oxygen atoms in total. The van der Waals surface area contributed by atoms with Crippen molar-refractivity contribution in [2.45, 2.75) is 27.7 Å². The van der Waals surface area contributed by atoms with Crippen LogP contribution in [0.15, 0.2) is 53.5 Å². The summed E-state index contributed by atoms with van der Waals surface area (Å²) in [4.78, 5) is 18.1. The summed E-state index contributed by atoms with van der Waals surface area (Å²) in [5.41, 5.74) is 5.96. The summed E-state index contributed by atoms with van der Waals surface area (Å²) < 4.78 is 13.3. The molecule has 0 aliphatic carbocycles. The smallest absolute Gasteiger partial charge is 0.229 e. The van der Waals surface area contributed by atoms with Gasteiger partial charge in [0.2, 0.25) is 17.0 Å². The third-order valence-electron chi connectivity index (χ3n) is 5.81. The quantitative estimate of drug-likeness (QED) is 0.309. The number of nitrogens with zero attached hydrogens (tertiary/aromatic N) is 5. The number of piperazine rings is 1. The van der Waals surface area contributed by atoms with Gasteiger partial charge in [-0.2, -0.15) is 4.99 Å². The summed E-state index contributed by atoms with van der Waals surface area (Å²) in [5.74, 6) is 0.844. The van der Waals surface area contributed by atoms with E-state index in [-0.39, 0.29) is 5.82 Å². The zero-order chi connectivity index (χ0) is 24.9. The molecule has 0 unspecified atom stereocenters. The van der Waals surface area contributed by atoms with E-state index in [1.54, 1.807) is 0 Å². The lowest BCUT2D eigenvalue weighted by molar-refractivity contribution is 0.385. The summed E-state index contributed by atoms with van der Waals surface area (Å²) in [7, 11) is 0. The number of hydrogen-bond acceptors (Lipinski definition) is 4. The average molecular weight is 492 g/mol. The SMILES string of the molecule is Cc1ccc(NC(=S)/N=C(/Nc2nc(C)cc(C)n2)N2CCN(c3ccc(F)cc3)CC2)c(C)c1. The Morgan fingerprint density at radius 2 is 1.54 bits per heavy atom. The van der Waals surface area contributed by atoms with Gasteiger partial charge in [0.15, 0.2) is 0 Å². The van der Waals surface area contributed by atoms with Crippen LogP contribution >= 0.6 is 12.2 Å². The summed E-state index contributed by atoms with van der Waals surface area (Å²) >= 11 is 5.60. The number of rotatable bonds is 3. The molecule has 1 aromatic heterocycles. The van der Waals surface area contributed by atoms with E-state index in [4.69, 9.17) is 17.2 Å². The summed E-state index contributed by atoms with van der Waals surface area (Å²) in [5, 5.41) is 6.89. The van der Waals surface area contributed by atoms with E-state index in [1.807, 2.05) is 51.1 Å². The molecule has 0 atom stereocenters. The minimum atomic E-state index is -0.232. The Kier molecular flexibility index (Phi) is 7.55. The maximum atomic E-state index is 13.3. The fourth-order valence-corrected chi connectivity index (χ4v) is 4.28. The highest BCUT2D eigenvalue weighted by molar-refractivity contribution is 7.80. The van der Waals surface area contributed by atoms with Crippen molar-refractivity contribution in [3.63, 3.8) is 0 Å². The number of halogens is 1. The fraction of sp³-hybridized carbons (Fsp3) is 0.308. The zero-order valence-corrected chi connectivity index (χ0v) is 21.3. The van der Waals surface area contributed by atoms with Gasteiger partial charge in [-0.15, -0.1) is 0 Å². The standard InChI is InChI=1S/C26H30FN7S/c1-17-5-10-23(18(2)15-17)30-26(35)32-25(31-24-28-19(3)16-20(4)29-24)34-13-11-33(12-14-34)22-8-6-21(27)7-9-22/h5-10,15-16H,11-14H2,1-4H3,(H2,28,29,30,31,32,35). The van der Waals surface area contributed by atoms with E-state index in [9.17, 15) is 4.39 Å². The summed E-state index contributed by atoms with van der Waals surface area (Å²) in [6, 6.07) is 14.7. The number of aryl methyl sites for hydroxylation is 4. The molecule has 3 aromatic rings. The Labute approximate surface area is 211 Å². The minimum absolute atomic E-state index is 0.232. The van der Waals surface area contributed by atoms with E-state index >= 15 is 0 Å². The Morgan fingerprint density at radius 3 is 2.17 bits per heavy atom. The van der Waals surface area contributed by atoms with Crippen molar-refractivity contribution in [1.29, 1.82) is 0 Å². The number of nitrogens with one attached hydrogen (secondary N) is 2. The van der Waals surface area contributed by atoms with Crippen LogP contribution in [0.5, 0.6) is 0 Å². The Hall–Kier alpha value is -3.59. The van der Waals surface area contributed by atoms with Gasteiger partial charge in [0, 0.05) is 48.9 Å². The molecule has 0 radical (unpaired) electrons. The van der Waals surface area contributed by atoms with Crippen molar-refractivity contribution in [3.8, 4) is 0 Å². The molecule has 35 heavy (non-hydrogen) atoms. The number of aromatic nitrogens is 2. The molecule has 0 bridgehead atoms. The molecule has 1 aliphatic heterocycles. The highest BCUT2D eigenvalue weighted by Crippen LogP contribution is 2.19. The normalized spacial score (nSPS) is 14.1. The van der Waals surface area contributed by atoms with Crippen molar-refractivity contribution in [1.82, 2.24) is 14.9 Å². The van der Waals surface area contributed by atoms with Crippen LogP contribution in [-0.4, -0.2) is 52.1 Å². The molecule has 1 saturated heterocycles. The molecule has 1 aliphatic rings. The van der Waals surface area contributed by atoms with Gasteiger partial charge in [-0.05, 0) is 81.9 Å². The largest absolute Gasteiger partial charge is 0.368 e. The van der Waals surface area contributed by atoms with Crippen LogP contribution in [0.2, 0.25) is 0 Å². The van der Waals surface area contributed by atoms with Gasteiger partial charge in [0.1, 0.15) is 5.82 Å². The first-order valence-corrected chi connectivity index (χ1v) is 12.0. The lowest BCUT2D eigenvalue weighted by Crippen LogP contribution is -2.51. The number of benzene rings is 2. The first kappa shape index (κ1) is 24.5. The topological polar surface area (TPSA) is 68.7 Å². The average Bonchev–Trinajstić information content (AvgIpc) is 2.80. The molecular formula is C26H30FN7S. The van der Waals surface area contributed by atoms with E-state index in [1.165, 1.54) is 17.7 Å². The second kappa shape index (κ2) is 10.8. The van der Waals surface area contributed by atoms with Crippen LogP contribution in [0.25, 0.3) is 0 Å². The fourth-order valence-electron chi connectivity index (χ4n) is 4.08. The maximum Gasteiger partial charge on any atom is 0.229 e. The monoisotopic (exact) mass is 491 g/mol. The molecule has 0 spiro atoms. The van der Waals surface area contributed by atoms with Crippen LogP contribution in [0, 0.1) is 33.5 Å². The number of anilines is 3. The van der Waals surface area contributed by atoms with Crippen LogP contribution in [-0.2, 0) is 0 Å². The number of aliphatic imine (C=N–C) groups is 1. The summed E-state index contributed by atoms with van der Waals surface area (Å²) in [6.45, 7) is 10.9. The molecule has 2 N–H and O–H groups in total. The molecule has 2 aromatic carbocycles. The maximum absolute atomic E-state index is 13.3. The third kappa shape index (κ3) is 6.51. The lowest BCUT2D eigenvalue weighted by atomic mass is 10.1. The first-order valence-electron chi connectivity index (χ1n) is 11.6. The number of guanidine groups is 1. The zero-order valence-electron chi connectivity index (χ0n) is 20.5. The third-order valence-corrected chi connectivity index (χ3v) is 6.00. The minimum Gasteiger partial charge on any atom is -0.368 e. The van der Waals surface area contributed by atoms with E-state index in [0.717, 1.165) is 41.4 Å². The van der Waals surface area contributed by atoms with E-state index in [2.05, 4.69) is 43.4 Å². The molecule has 9 heteroatoms. The lowest BCUT2D eigenvalue weighted by Gasteiger charge is -2.37. The van der Waals surface area contributed by atoms with E-state index in [0.29, 0.717) is 30.1 Å². The van der Waals surface area contributed by atoms with Crippen molar-refractivity contribution in [2.24, 2.45) is 4.99 Å². The molecule has 4 rings (SSSR count). The van der Waals surface area contributed by atoms with Crippen molar-refractivity contribution >= 4 is 40.6 Å². The second-order valence-corrected chi connectivity index (χ2v) is 9.12. The molecule has 182 valence electrons. The Balaban J connectivity index is 1.54. The van der Waals surface area contributed by atoms with Gasteiger partial charge in [-0.3, -0.25) is 5.32 Å². The molecule has 0 amide bonds. The van der Waals surface area contributed by atoms with Gasteiger partial charge < -0.3 is 15.1 Å². The predicted octanol–water partition coefficient (Wildman–Crippen LogP) is 4.84. The number of hydrogen-bond donors (Lipinski definition) is 2. The van der Waals surface area contributed by atoms with Crippen molar-refractivity contribution in [2.75, 3.05) is 41.7 Å². The van der Waals surface area contributed by atoms with Gasteiger partial charge >= 0.3 is 0 Å². The first-order chi connectivity index (χ1) is 16.8. The van der Waals surface area contributed by atoms with E-state index < -0.39 is 0 Å². The van der Waals surface area contributed by atoms with Crippen LogP contribution in [0.4, 0.5) is 21.7 Å². The van der Waals surface area contributed by atoms with Crippen LogP contribution in [0.3, 0.4) is 0 Å². The van der Waals surface area contributed by atoms with Gasteiger partial charge in [0.25, 0.3) is 0 Å². The Bertz CT molecular complexity index is 1210.